The smallest absolute Gasteiger partial charge is 0.227 e. The molecule has 0 bridgehead atoms. The van der Waals surface area contributed by atoms with Crippen molar-refractivity contribution in [2.45, 2.75) is 26.7 Å². The number of hydrogen-bond donors (Lipinski definition) is 2. The molecular formula is C20H21ClN2O. The predicted octanol–water partition coefficient (Wildman–Crippen LogP) is 5.86. The molecule has 1 amide bonds. The molecule has 0 unspecified atom stereocenters. The first-order valence-electron chi connectivity index (χ1n) is 8.30. The maximum Gasteiger partial charge on any atom is 0.227 e. The van der Waals surface area contributed by atoms with Crippen LogP contribution in [0.25, 0.3) is 22.2 Å². The van der Waals surface area contributed by atoms with Crippen molar-refractivity contribution in [2.75, 3.05) is 5.32 Å². The number of halogens is 1. The Morgan fingerprint density at radius 2 is 1.79 bits per heavy atom. The molecule has 0 spiro atoms. The zero-order chi connectivity index (χ0) is 17.1. The molecule has 2 aromatic carbocycles. The summed E-state index contributed by atoms with van der Waals surface area (Å²) in [6.45, 7) is 4.08. The minimum absolute atomic E-state index is 0.0723. The Bertz CT molecular complexity index is 848. The van der Waals surface area contributed by atoms with Gasteiger partial charge in [0.15, 0.2) is 0 Å². The number of aromatic amines is 1. The summed E-state index contributed by atoms with van der Waals surface area (Å²) in [7, 11) is 0. The second-order valence-electron chi connectivity index (χ2n) is 5.99. The van der Waals surface area contributed by atoms with Gasteiger partial charge in [-0.15, -0.1) is 0 Å². The summed E-state index contributed by atoms with van der Waals surface area (Å²) in [6, 6.07) is 15.8. The number of benzene rings is 2. The van der Waals surface area contributed by atoms with Crippen molar-refractivity contribution in [2.24, 2.45) is 5.92 Å². The van der Waals surface area contributed by atoms with E-state index in [1.165, 1.54) is 0 Å². The summed E-state index contributed by atoms with van der Waals surface area (Å²) in [5, 5.41) is 4.81. The average molecular weight is 341 g/mol. The van der Waals surface area contributed by atoms with Crippen molar-refractivity contribution in [3.63, 3.8) is 0 Å². The van der Waals surface area contributed by atoms with E-state index in [4.69, 9.17) is 11.6 Å². The molecule has 1 aromatic heterocycles. The second-order valence-corrected chi connectivity index (χ2v) is 6.43. The number of amides is 1. The van der Waals surface area contributed by atoms with E-state index in [-0.39, 0.29) is 11.8 Å². The van der Waals surface area contributed by atoms with E-state index in [0.29, 0.717) is 0 Å². The van der Waals surface area contributed by atoms with Crippen LogP contribution < -0.4 is 5.32 Å². The molecule has 3 aromatic rings. The standard InChI is InChI=1S/C20H21ClN2O/c1-3-13(4-2)20(24)22-17-8-5-14(6-9-17)19-12-15-11-16(21)7-10-18(15)23-19/h5-13,23H,3-4H2,1-2H3,(H,22,24). The molecule has 124 valence electrons. The SMILES string of the molecule is CCC(CC)C(=O)Nc1ccc(-c2cc3cc(Cl)ccc3[nH]2)cc1. The number of anilines is 1. The van der Waals surface area contributed by atoms with Crippen LogP contribution in [0, 0.1) is 5.92 Å². The number of nitrogens with one attached hydrogen (secondary N) is 2. The number of carbonyl (C=O) groups is 1. The van der Waals surface area contributed by atoms with E-state index in [1.807, 2.05) is 56.3 Å². The van der Waals surface area contributed by atoms with Crippen LogP contribution in [0.1, 0.15) is 26.7 Å². The van der Waals surface area contributed by atoms with Crippen LogP contribution in [0.5, 0.6) is 0 Å². The third-order valence-electron chi connectivity index (χ3n) is 4.40. The molecule has 0 aliphatic heterocycles. The van der Waals surface area contributed by atoms with Crippen molar-refractivity contribution < 1.29 is 4.79 Å². The van der Waals surface area contributed by atoms with E-state index >= 15 is 0 Å². The molecule has 2 N–H and O–H groups in total. The lowest BCUT2D eigenvalue weighted by atomic mass is 10.0. The molecule has 24 heavy (non-hydrogen) atoms. The molecule has 4 heteroatoms. The van der Waals surface area contributed by atoms with Gasteiger partial charge >= 0.3 is 0 Å². The lowest BCUT2D eigenvalue weighted by Gasteiger charge is -2.12. The molecule has 0 aliphatic carbocycles. The number of fused-ring (bicyclic) bond motifs is 1. The summed E-state index contributed by atoms with van der Waals surface area (Å²) >= 11 is 6.04. The molecule has 3 rings (SSSR count). The molecule has 0 aliphatic rings. The lowest BCUT2D eigenvalue weighted by molar-refractivity contribution is -0.120. The number of H-pyrrole nitrogens is 1. The van der Waals surface area contributed by atoms with Gasteiger partial charge in [0.1, 0.15) is 0 Å². The minimum Gasteiger partial charge on any atom is -0.355 e. The third-order valence-corrected chi connectivity index (χ3v) is 4.64. The van der Waals surface area contributed by atoms with Crippen LogP contribution in [0.4, 0.5) is 5.69 Å². The van der Waals surface area contributed by atoms with Crippen LogP contribution in [-0.4, -0.2) is 10.9 Å². The molecule has 0 saturated carbocycles. The van der Waals surface area contributed by atoms with Crippen LogP contribution in [0.2, 0.25) is 5.02 Å². The van der Waals surface area contributed by atoms with Gasteiger partial charge in [-0.25, -0.2) is 0 Å². The summed E-state index contributed by atoms with van der Waals surface area (Å²) < 4.78 is 0. The van der Waals surface area contributed by atoms with E-state index in [1.54, 1.807) is 0 Å². The van der Waals surface area contributed by atoms with Crippen molar-refractivity contribution in [3.05, 3.63) is 53.6 Å². The highest BCUT2D eigenvalue weighted by Gasteiger charge is 2.14. The summed E-state index contributed by atoms with van der Waals surface area (Å²) in [5.74, 6) is 0.163. The first-order chi connectivity index (χ1) is 11.6. The molecular weight excluding hydrogens is 320 g/mol. The quantitative estimate of drug-likeness (QED) is 0.600. The monoisotopic (exact) mass is 340 g/mol. The van der Waals surface area contributed by atoms with Gasteiger partial charge < -0.3 is 10.3 Å². The van der Waals surface area contributed by atoms with Crippen molar-refractivity contribution in [3.8, 4) is 11.3 Å². The zero-order valence-electron chi connectivity index (χ0n) is 13.9. The predicted molar refractivity (Wildman–Crippen MR) is 101 cm³/mol. The Kier molecular flexibility index (Phi) is 4.91. The van der Waals surface area contributed by atoms with E-state index in [0.717, 1.165) is 45.7 Å². The Morgan fingerprint density at radius 1 is 1.08 bits per heavy atom. The maximum atomic E-state index is 12.1. The van der Waals surface area contributed by atoms with Crippen molar-refractivity contribution >= 4 is 34.1 Å². The second kappa shape index (κ2) is 7.10. The van der Waals surface area contributed by atoms with Crippen molar-refractivity contribution in [1.82, 2.24) is 4.98 Å². The highest BCUT2D eigenvalue weighted by atomic mass is 35.5. The molecule has 1 heterocycles. The van der Waals surface area contributed by atoms with Gasteiger partial charge in [0.05, 0.1) is 0 Å². The van der Waals surface area contributed by atoms with E-state index in [9.17, 15) is 4.79 Å². The topological polar surface area (TPSA) is 44.9 Å². The first-order valence-corrected chi connectivity index (χ1v) is 8.68. The fourth-order valence-electron chi connectivity index (χ4n) is 2.90. The third kappa shape index (κ3) is 3.46. The zero-order valence-corrected chi connectivity index (χ0v) is 14.7. The normalized spacial score (nSPS) is 11.2. The average Bonchev–Trinajstić information content (AvgIpc) is 2.99. The summed E-state index contributed by atoms with van der Waals surface area (Å²) in [4.78, 5) is 15.5. The fourth-order valence-corrected chi connectivity index (χ4v) is 3.08. The Hall–Kier alpha value is -2.26. The molecule has 0 saturated heterocycles. The van der Waals surface area contributed by atoms with Crippen LogP contribution in [0.3, 0.4) is 0 Å². The van der Waals surface area contributed by atoms with Gasteiger partial charge in [0, 0.05) is 33.2 Å². The Morgan fingerprint density at radius 3 is 2.46 bits per heavy atom. The number of hydrogen-bond acceptors (Lipinski definition) is 1. The van der Waals surface area contributed by atoms with E-state index < -0.39 is 0 Å². The first kappa shape index (κ1) is 16.6. The molecule has 0 fully saturated rings. The van der Waals surface area contributed by atoms with Gasteiger partial charge in [-0.3, -0.25) is 4.79 Å². The largest absolute Gasteiger partial charge is 0.355 e. The van der Waals surface area contributed by atoms with Gasteiger partial charge in [0.2, 0.25) is 5.91 Å². The van der Waals surface area contributed by atoms with Crippen molar-refractivity contribution in [1.29, 1.82) is 0 Å². The van der Waals surface area contributed by atoms with E-state index in [2.05, 4.69) is 16.4 Å². The Labute approximate surface area is 147 Å². The Balaban J connectivity index is 1.79. The molecule has 0 atom stereocenters. The minimum atomic E-state index is 0.0723. The van der Waals surface area contributed by atoms with Gasteiger partial charge in [-0.2, -0.15) is 0 Å². The maximum absolute atomic E-state index is 12.1. The van der Waals surface area contributed by atoms with Crippen LogP contribution >= 0.6 is 11.6 Å². The number of carbonyl (C=O) groups excluding carboxylic acids is 1. The molecule has 0 radical (unpaired) electrons. The fraction of sp³-hybridized carbons (Fsp3) is 0.250. The lowest BCUT2D eigenvalue weighted by Crippen LogP contribution is -2.21. The highest BCUT2D eigenvalue weighted by Crippen LogP contribution is 2.27. The highest BCUT2D eigenvalue weighted by molar-refractivity contribution is 6.31. The number of rotatable bonds is 5. The molecule has 3 nitrogen and oxygen atoms in total. The summed E-state index contributed by atoms with van der Waals surface area (Å²) in [6.07, 6.45) is 1.72. The van der Waals surface area contributed by atoms with Crippen LogP contribution in [0.15, 0.2) is 48.5 Å². The van der Waals surface area contributed by atoms with Crippen LogP contribution in [-0.2, 0) is 4.79 Å². The van der Waals surface area contributed by atoms with Gasteiger partial charge in [-0.05, 0) is 54.8 Å². The summed E-state index contributed by atoms with van der Waals surface area (Å²) in [5.41, 5.74) is 3.99. The number of aromatic nitrogens is 1. The van der Waals surface area contributed by atoms with Gasteiger partial charge in [-0.1, -0.05) is 37.6 Å². The van der Waals surface area contributed by atoms with Gasteiger partial charge in [0.25, 0.3) is 0 Å².